The predicted octanol–water partition coefficient (Wildman–Crippen LogP) is 14.7. The second-order valence-electron chi connectivity index (χ2n) is 15.8. The molecule has 6 nitrogen and oxygen atoms in total. The van der Waals surface area contributed by atoms with Crippen molar-refractivity contribution in [3.8, 4) is 34.1 Å². The van der Waals surface area contributed by atoms with Crippen molar-refractivity contribution in [2.24, 2.45) is 0 Å². The Hall–Kier alpha value is -7.44. The maximum absolute atomic E-state index is 6.92. The minimum absolute atomic E-state index is 0.314. The van der Waals surface area contributed by atoms with Gasteiger partial charge in [0.25, 0.3) is 0 Å². The Morgan fingerprint density at radius 2 is 0.702 bits per heavy atom. The van der Waals surface area contributed by atoms with Gasteiger partial charge < -0.3 is 19.3 Å². The van der Waals surface area contributed by atoms with Gasteiger partial charge >= 0.3 is 0 Å². The fraction of sp³-hybridized carbons (Fsp3) is 0.0588. The molecule has 1 aliphatic carbocycles. The summed E-state index contributed by atoms with van der Waals surface area (Å²) in [4.78, 5) is 9.51. The van der Waals surface area contributed by atoms with E-state index in [9.17, 15) is 0 Å². The number of fused-ring (bicyclic) bond motifs is 11. The average molecular weight is 735 g/mol. The average Bonchev–Trinajstić information content (AvgIpc) is 3.46. The molecule has 4 heterocycles. The molecule has 0 spiro atoms. The second kappa shape index (κ2) is 10.9. The molecule has 8 aromatic carbocycles. The lowest BCUT2D eigenvalue weighted by atomic mass is 9.81. The van der Waals surface area contributed by atoms with Crippen molar-refractivity contribution in [2.45, 2.75) is 19.3 Å². The number of hydrogen-bond donors (Lipinski definition) is 0. The van der Waals surface area contributed by atoms with Gasteiger partial charge in [-0.25, -0.2) is 0 Å². The summed E-state index contributed by atoms with van der Waals surface area (Å²) in [5.41, 5.74) is 17.6. The van der Waals surface area contributed by atoms with E-state index in [0.29, 0.717) is 0 Å². The Kier molecular flexibility index (Phi) is 5.88. The molecule has 4 aliphatic heterocycles. The van der Waals surface area contributed by atoms with Crippen molar-refractivity contribution in [3.05, 3.63) is 181 Å². The summed E-state index contributed by atoms with van der Waals surface area (Å²) in [6, 6.07) is 60.6. The van der Waals surface area contributed by atoms with Crippen molar-refractivity contribution in [1.82, 2.24) is 0 Å². The van der Waals surface area contributed by atoms with Crippen LogP contribution < -0.4 is 29.1 Å². The van der Waals surface area contributed by atoms with Crippen molar-refractivity contribution in [1.29, 1.82) is 0 Å². The minimum Gasteiger partial charge on any atom is -0.453 e. The molecule has 0 amide bonds. The Morgan fingerprint density at radius 3 is 1.12 bits per heavy atom. The van der Waals surface area contributed by atoms with E-state index in [0.717, 1.165) is 91.2 Å². The van der Waals surface area contributed by atoms with Gasteiger partial charge in [0.15, 0.2) is 23.0 Å². The monoisotopic (exact) mass is 734 g/mol. The molecular weight excluding hydrogens is 701 g/mol. The van der Waals surface area contributed by atoms with E-state index >= 15 is 0 Å². The first-order valence-electron chi connectivity index (χ1n) is 19.5. The van der Waals surface area contributed by atoms with Crippen LogP contribution in [0.3, 0.4) is 0 Å². The lowest BCUT2D eigenvalue weighted by molar-refractivity contribution is 0.476. The van der Waals surface area contributed by atoms with Gasteiger partial charge in [-0.2, -0.15) is 0 Å². The summed E-state index contributed by atoms with van der Waals surface area (Å²) in [5.74, 6) is 3.35. The number of para-hydroxylation sites is 8. The van der Waals surface area contributed by atoms with Gasteiger partial charge in [-0.1, -0.05) is 86.6 Å². The molecule has 0 N–H and O–H groups in total. The quantitative estimate of drug-likeness (QED) is 0.176. The van der Waals surface area contributed by atoms with Gasteiger partial charge in [0.1, 0.15) is 11.4 Å². The van der Waals surface area contributed by atoms with Crippen molar-refractivity contribution < 1.29 is 9.47 Å². The smallest absolute Gasteiger partial charge is 0.153 e. The van der Waals surface area contributed by atoms with Gasteiger partial charge in [-0.15, -0.1) is 0 Å². The van der Waals surface area contributed by atoms with Crippen molar-refractivity contribution in [3.63, 3.8) is 0 Å². The van der Waals surface area contributed by atoms with Gasteiger partial charge in [0.2, 0.25) is 0 Å². The molecule has 0 saturated heterocycles. The van der Waals surface area contributed by atoms with Crippen LogP contribution in [0.25, 0.3) is 11.1 Å². The Bertz CT molecular complexity index is 2830. The summed E-state index contributed by atoms with van der Waals surface area (Å²) in [6.07, 6.45) is 0. The maximum atomic E-state index is 6.92. The van der Waals surface area contributed by atoms with E-state index in [4.69, 9.17) is 9.47 Å². The normalized spacial score (nSPS) is 15.1. The van der Waals surface area contributed by atoms with Crippen LogP contribution in [0.1, 0.15) is 25.0 Å². The fourth-order valence-electron chi connectivity index (χ4n) is 9.90. The molecule has 0 atom stereocenters. The standard InChI is InChI=1S/C51H34N4O2/c1-51(2)35-29-43-47(56-45-25-13-23-41-49(45)54(43)39-21-11-9-19-37(39)52(41)31-15-5-3-6-16-31)27-33(35)34-28-48-44(30-36(34)51)55-40-22-12-10-20-38(40)53(32-17-7-4-8-18-32)42-24-14-26-46(57-48)50(42)55/h3-30H,1-2H3. The highest BCUT2D eigenvalue weighted by molar-refractivity contribution is 6.08. The van der Waals surface area contributed by atoms with Crippen LogP contribution in [0.4, 0.5) is 68.2 Å². The molecule has 270 valence electrons. The SMILES string of the molecule is CC1(C)c2cc3c(cc2-c2cc4c(cc21)N1c2ccccc2N(c2ccccc2)c2cccc(c21)O4)Oc1cccc2c1N3c1ccccc1N2c1ccccc1. The number of ether oxygens (including phenoxy) is 2. The molecule has 57 heavy (non-hydrogen) atoms. The van der Waals surface area contributed by atoms with E-state index in [2.05, 4.69) is 203 Å². The molecule has 0 aromatic heterocycles. The third kappa shape index (κ3) is 3.98. The van der Waals surface area contributed by atoms with Crippen LogP contribution in [0.5, 0.6) is 23.0 Å². The zero-order valence-corrected chi connectivity index (χ0v) is 31.3. The molecule has 0 bridgehead atoms. The molecule has 0 fully saturated rings. The largest absolute Gasteiger partial charge is 0.453 e. The number of benzene rings is 8. The summed E-state index contributed by atoms with van der Waals surface area (Å²) >= 11 is 0. The highest BCUT2D eigenvalue weighted by atomic mass is 16.5. The van der Waals surface area contributed by atoms with Crippen molar-refractivity contribution in [2.75, 3.05) is 19.6 Å². The first kappa shape index (κ1) is 30.8. The Morgan fingerprint density at radius 1 is 0.333 bits per heavy atom. The van der Waals surface area contributed by atoms with Crippen LogP contribution in [-0.2, 0) is 5.41 Å². The molecule has 8 aromatic rings. The van der Waals surface area contributed by atoms with Crippen molar-refractivity contribution >= 4 is 68.2 Å². The van der Waals surface area contributed by atoms with Crippen LogP contribution in [0.2, 0.25) is 0 Å². The zero-order chi connectivity index (χ0) is 37.6. The fourth-order valence-corrected chi connectivity index (χ4v) is 9.90. The van der Waals surface area contributed by atoms with E-state index in [-0.39, 0.29) is 5.41 Å². The number of anilines is 12. The number of hydrogen-bond acceptors (Lipinski definition) is 6. The van der Waals surface area contributed by atoms with E-state index in [1.807, 2.05) is 0 Å². The molecule has 0 unspecified atom stereocenters. The van der Waals surface area contributed by atoms with Gasteiger partial charge in [-0.3, -0.25) is 9.80 Å². The highest BCUT2D eigenvalue weighted by Crippen LogP contribution is 2.66. The van der Waals surface area contributed by atoms with Crippen LogP contribution >= 0.6 is 0 Å². The molecule has 0 saturated carbocycles. The molecule has 5 aliphatic rings. The predicted molar refractivity (Wildman–Crippen MR) is 230 cm³/mol. The van der Waals surface area contributed by atoms with Crippen LogP contribution in [0.15, 0.2) is 170 Å². The summed E-state index contributed by atoms with van der Waals surface area (Å²) in [7, 11) is 0. The Balaban J connectivity index is 0.985. The van der Waals surface area contributed by atoms with Gasteiger partial charge in [0.05, 0.1) is 45.5 Å². The zero-order valence-electron chi connectivity index (χ0n) is 31.3. The summed E-state index contributed by atoms with van der Waals surface area (Å²) in [6.45, 7) is 4.70. The van der Waals surface area contributed by atoms with E-state index in [1.165, 1.54) is 22.3 Å². The molecule has 0 radical (unpaired) electrons. The molecular formula is C51H34N4O2. The van der Waals surface area contributed by atoms with E-state index < -0.39 is 0 Å². The van der Waals surface area contributed by atoms with Crippen LogP contribution in [-0.4, -0.2) is 0 Å². The number of rotatable bonds is 2. The third-order valence-electron chi connectivity index (χ3n) is 12.4. The lowest BCUT2D eigenvalue weighted by Gasteiger charge is -2.43. The summed E-state index contributed by atoms with van der Waals surface area (Å²) in [5, 5.41) is 0. The minimum atomic E-state index is -0.314. The second-order valence-corrected chi connectivity index (χ2v) is 15.8. The molecule has 13 rings (SSSR count). The highest BCUT2D eigenvalue weighted by Gasteiger charge is 2.44. The Labute approximate surface area is 330 Å². The van der Waals surface area contributed by atoms with E-state index in [1.54, 1.807) is 0 Å². The van der Waals surface area contributed by atoms with Crippen LogP contribution in [0, 0.1) is 0 Å². The molecule has 6 heteroatoms. The first-order chi connectivity index (χ1) is 28.0. The van der Waals surface area contributed by atoms with Gasteiger partial charge in [-0.05, 0) is 119 Å². The number of nitrogens with zero attached hydrogens (tertiary/aromatic N) is 4. The topological polar surface area (TPSA) is 31.4 Å². The maximum Gasteiger partial charge on any atom is 0.153 e. The third-order valence-corrected chi connectivity index (χ3v) is 12.4. The first-order valence-corrected chi connectivity index (χ1v) is 19.5. The lowest BCUT2D eigenvalue weighted by Crippen LogP contribution is -2.27. The van der Waals surface area contributed by atoms with Gasteiger partial charge in [0, 0.05) is 16.8 Å². The summed E-state index contributed by atoms with van der Waals surface area (Å²) < 4.78 is 13.8.